The molecule has 0 saturated heterocycles. The summed E-state index contributed by atoms with van der Waals surface area (Å²) in [7, 11) is 0. The quantitative estimate of drug-likeness (QED) is 0.629. The third-order valence-corrected chi connectivity index (χ3v) is 4.24. The number of aryl methyl sites for hydroxylation is 1. The second kappa shape index (κ2) is 2.49. The van der Waals surface area contributed by atoms with Gasteiger partial charge >= 0.3 is 0 Å². The molecule has 1 aromatic rings. The maximum atomic E-state index is 2.60. The van der Waals surface area contributed by atoms with Crippen molar-refractivity contribution in [1.82, 2.24) is 0 Å². The molecule has 3 aliphatic rings. The smallest absolute Gasteiger partial charge is 0.0643 e. The Kier molecular flexibility index (Phi) is 1.33. The maximum absolute atomic E-state index is 2.60. The number of anilines is 2. The molecular weight excluding hydrogens is 184 g/mol. The lowest BCUT2D eigenvalue weighted by atomic mass is 10.00. The van der Waals surface area contributed by atoms with Gasteiger partial charge in [0.1, 0.15) is 0 Å². The van der Waals surface area contributed by atoms with Crippen molar-refractivity contribution >= 4 is 11.4 Å². The van der Waals surface area contributed by atoms with Crippen LogP contribution in [0.4, 0.5) is 11.4 Å². The Hall–Kier alpha value is -1.18. The fourth-order valence-corrected chi connectivity index (χ4v) is 3.51. The van der Waals surface area contributed by atoms with Gasteiger partial charge in [0.05, 0.1) is 11.4 Å². The molecule has 15 heavy (non-hydrogen) atoms. The summed E-state index contributed by atoms with van der Waals surface area (Å²) in [6.45, 7) is 7.26. The third-order valence-electron chi connectivity index (χ3n) is 4.24. The highest BCUT2D eigenvalue weighted by Crippen LogP contribution is 2.46. The average molecular weight is 200 g/mol. The molecule has 2 heteroatoms. The summed E-state index contributed by atoms with van der Waals surface area (Å²) in [4.78, 5) is 5.19. The minimum atomic E-state index is 1.24. The first-order valence-electron chi connectivity index (χ1n) is 6.00. The number of nitrogens with zero attached hydrogens (tertiary/aromatic N) is 2. The van der Waals surface area contributed by atoms with E-state index in [-0.39, 0.29) is 0 Å². The largest absolute Gasteiger partial charge is 0.368 e. The van der Waals surface area contributed by atoms with Gasteiger partial charge in [-0.2, -0.15) is 0 Å². The van der Waals surface area contributed by atoms with Crippen molar-refractivity contribution in [1.29, 1.82) is 0 Å². The Bertz CT molecular complexity index is 450. The minimum Gasteiger partial charge on any atom is -0.368 e. The second-order valence-electron chi connectivity index (χ2n) is 5.00. The van der Waals surface area contributed by atoms with Crippen LogP contribution in [0.5, 0.6) is 0 Å². The van der Waals surface area contributed by atoms with Gasteiger partial charge in [0.2, 0.25) is 0 Å². The van der Waals surface area contributed by atoms with Crippen LogP contribution in [0.15, 0.2) is 6.07 Å². The van der Waals surface area contributed by atoms with E-state index in [4.69, 9.17) is 0 Å². The van der Waals surface area contributed by atoms with E-state index in [0.717, 1.165) is 0 Å². The molecule has 0 unspecified atom stereocenters. The van der Waals surface area contributed by atoms with Gasteiger partial charge in [0.25, 0.3) is 0 Å². The molecule has 3 aliphatic heterocycles. The molecule has 0 saturated carbocycles. The Morgan fingerprint density at radius 1 is 0.933 bits per heavy atom. The topological polar surface area (TPSA) is 6.48 Å². The summed E-state index contributed by atoms with van der Waals surface area (Å²) in [6.07, 6.45) is 2.53. The molecule has 0 radical (unpaired) electrons. The number of benzene rings is 1. The van der Waals surface area contributed by atoms with Gasteiger partial charge in [0, 0.05) is 26.2 Å². The predicted octanol–water partition coefficient (Wildman–Crippen LogP) is 1.73. The summed E-state index contributed by atoms with van der Waals surface area (Å²) < 4.78 is 0. The molecule has 4 rings (SSSR count). The van der Waals surface area contributed by atoms with Crippen LogP contribution in [-0.2, 0) is 12.8 Å². The molecule has 0 atom stereocenters. The first kappa shape index (κ1) is 8.03. The molecule has 2 nitrogen and oxygen atoms in total. The van der Waals surface area contributed by atoms with E-state index in [1.165, 1.54) is 44.6 Å². The maximum Gasteiger partial charge on any atom is 0.0643 e. The van der Waals surface area contributed by atoms with Gasteiger partial charge in [-0.25, -0.2) is 0 Å². The summed E-state index contributed by atoms with van der Waals surface area (Å²) in [5.41, 5.74) is 7.92. The molecule has 0 spiro atoms. The fraction of sp³-hybridized carbons (Fsp3) is 0.538. The molecule has 0 aromatic heterocycles. The Labute approximate surface area is 90.5 Å². The van der Waals surface area contributed by atoms with E-state index in [0.29, 0.717) is 0 Å². The summed E-state index contributed by atoms with van der Waals surface area (Å²) in [5, 5.41) is 0. The van der Waals surface area contributed by atoms with Crippen LogP contribution in [0.2, 0.25) is 0 Å². The highest BCUT2D eigenvalue weighted by Gasteiger charge is 2.34. The standard InChI is InChI=1S/C13H16N2/c1-9-8-10-2-4-14-6-7-15-5-3-11(9)13(15)12(10)14/h8H,2-7H2,1H3. The Morgan fingerprint density at radius 2 is 1.67 bits per heavy atom. The molecule has 1 aromatic carbocycles. The lowest BCUT2D eigenvalue weighted by Crippen LogP contribution is -2.38. The number of hydrogen-bond acceptors (Lipinski definition) is 2. The highest BCUT2D eigenvalue weighted by atomic mass is 15.3. The van der Waals surface area contributed by atoms with Crippen molar-refractivity contribution in [2.45, 2.75) is 19.8 Å². The Balaban J connectivity index is 2.08. The van der Waals surface area contributed by atoms with Gasteiger partial charge in [-0.15, -0.1) is 0 Å². The van der Waals surface area contributed by atoms with E-state index in [1.54, 1.807) is 22.5 Å². The summed E-state index contributed by atoms with van der Waals surface area (Å²) in [5.74, 6) is 0. The zero-order valence-electron chi connectivity index (χ0n) is 9.21. The summed E-state index contributed by atoms with van der Waals surface area (Å²) >= 11 is 0. The van der Waals surface area contributed by atoms with Gasteiger partial charge in [-0.3, -0.25) is 0 Å². The number of hydrogen-bond donors (Lipinski definition) is 0. The van der Waals surface area contributed by atoms with E-state index in [1.807, 2.05) is 0 Å². The molecule has 0 fully saturated rings. The van der Waals surface area contributed by atoms with Crippen LogP contribution in [-0.4, -0.2) is 26.2 Å². The molecule has 0 aliphatic carbocycles. The van der Waals surface area contributed by atoms with Crippen LogP contribution in [0.25, 0.3) is 0 Å². The zero-order chi connectivity index (χ0) is 9.99. The molecule has 0 amide bonds. The Morgan fingerprint density at radius 3 is 2.53 bits per heavy atom. The van der Waals surface area contributed by atoms with E-state index >= 15 is 0 Å². The first-order chi connectivity index (χ1) is 7.34. The molecule has 3 heterocycles. The minimum absolute atomic E-state index is 1.24. The summed E-state index contributed by atoms with van der Waals surface area (Å²) in [6, 6.07) is 2.43. The van der Waals surface area contributed by atoms with Crippen molar-refractivity contribution in [2.24, 2.45) is 0 Å². The first-order valence-corrected chi connectivity index (χ1v) is 6.00. The zero-order valence-corrected chi connectivity index (χ0v) is 9.21. The monoisotopic (exact) mass is 200 g/mol. The van der Waals surface area contributed by atoms with Gasteiger partial charge in [0.15, 0.2) is 0 Å². The van der Waals surface area contributed by atoms with E-state index in [2.05, 4.69) is 22.8 Å². The van der Waals surface area contributed by atoms with E-state index < -0.39 is 0 Å². The van der Waals surface area contributed by atoms with Crippen LogP contribution in [0.1, 0.15) is 16.7 Å². The molecule has 0 bridgehead atoms. The van der Waals surface area contributed by atoms with Crippen molar-refractivity contribution in [3.8, 4) is 0 Å². The molecule has 78 valence electrons. The lowest BCUT2D eigenvalue weighted by molar-refractivity contribution is 0.739. The van der Waals surface area contributed by atoms with Crippen LogP contribution >= 0.6 is 0 Å². The predicted molar refractivity (Wildman–Crippen MR) is 63.0 cm³/mol. The SMILES string of the molecule is Cc1cc2c3c4c1CCN4CCN3CC2. The highest BCUT2D eigenvalue weighted by molar-refractivity contribution is 5.84. The van der Waals surface area contributed by atoms with Crippen molar-refractivity contribution < 1.29 is 0 Å². The average Bonchev–Trinajstić information content (AvgIpc) is 2.79. The van der Waals surface area contributed by atoms with E-state index in [9.17, 15) is 0 Å². The van der Waals surface area contributed by atoms with Crippen molar-refractivity contribution in [3.63, 3.8) is 0 Å². The third kappa shape index (κ3) is 0.858. The second-order valence-corrected chi connectivity index (χ2v) is 5.00. The van der Waals surface area contributed by atoms with Gasteiger partial charge < -0.3 is 9.80 Å². The number of rotatable bonds is 0. The molecule has 0 N–H and O–H groups in total. The lowest BCUT2D eigenvalue weighted by Gasteiger charge is -2.34. The van der Waals surface area contributed by atoms with Gasteiger partial charge in [-0.05, 0) is 36.5 Å². The van der Waals surface area contributed by atoms with Crippen LogP contribution in [0.3, 0.4) is 0 Å². The van der Waals surface area contributed by atoms with Crippen molar-refractivity contribution in [2.75, 3.05) is 36.0 Å². The van der Waals surface area contributed by atoms with Crippen LogP contribution in [0, 0.1) is 6.92 Å². The van der Waals surface area contributed by atoms with Crippen LogP contribution < -0.4 is 9.80 Å². The van der Waals surface area contributed by atoms with Crippen molar-refractivity contribution in [3.05, 3.63) is 22.8 Å². The van der Waals surface area contributed by atoms with Gasteiger partial charge in [-0.1, -0.05) is 6.07 Å². The fourth-order valence-electron chi connectivity index (χ4n) is 3.51. The molecular formula is C13H16N2. The normalized spacial score (nSPS) is 21.1.